The van der Waals surface area contributed by atoms with Crippen LogP contribution in [0.25, 0.3) is 0 Å². The Balaban J connectivity index is 2.36. The van der Waals surface area contributed by atoms with Crippen molar-refractivity contribution in [2.75, 3.05) is 5.75 Å². The first-order valence-electron chi connectivity index (χ1n) is 5.28. The van der Waals surface area contributed by atoms with Gasteiger partial charge in [0, 0.05) is 22.3 Å². The molecule has 1 aliphatic carbocycles. The average molecular weight is 210 g/mol. The number of thioether (sulfide) groups is 1. The molecule has 78 valence electrons. The standard InChI is InChI=1S/C12H18OS/c1-7-6-14-10-5-9(7)12(3,4)11(13)8(10)2/h8-10H,1,5-6H2,2-4H3/t8?,9-,10-/m1/s1. The SMILES string of the molecule is C=C1CS[C@@H]2C[C@H]1C(C)(C)C(=O)C2C. The minimum atomic E-state index is -0.173. The molecule has 3 atom stereocenters. The van der Waals surface area contributed by atoms with Gasteiger partial charge in [0.05, 0.1) is 0 Å². The average Bonchev–Trinajstić information content (AvgIpc) is 2.14. The van der Waals surface area contributed by atoms with Gasteiger partial charge >= 0.3 is 0 Å². The van der Waals surface area contributed by atoms with E-state index in [2.05, 4.69) is 27.4 Å². The van der Waals surface area contributed by atoms with Gasteiger partial charge in [0.15, 0.2) is 0 Å². The number of rotatable bonds is 0. The number of fused-ring (bicyclic) bond motifs is 2. The summed E-state index contributed by atoms with van der Waals surface area (Å²) in [5.41, 5.74) is 1.10. The van der Waals surface area contributed by atoms with Gasteiger partial charge in [0.25, 0.3) is 0 Å². The lowest BCUT2D eigenvalue weighted by atomic mass is 9.62. The summed E-state index contributed by atoms with van der Waals surface area (Å²) in [5.74, 6) is 2.15. The number of hydrogen-bond donors (Lipinski definition) is 0. The second-order valence-corrected chi connectivity index (χ2v) is 6.40. The van der Waals surface area contributed by atoms with Crippen molar-refractivity contribution < 1.29 is 4.79 Å². The molecule has 2 rings (SSSR count). The van der Waals surface area contributed by atoms with Gasteiger partial charge in [0.1, 0.15) is 5.78 Å². The molecule has 0 aromatic rings. The molecule has 0 aromatic carbocycles. The molecule has 14 heavy (non-hydrogen) atoms. The lowest BCUT2D eigenvalue weighted by Crippen LogP contribution is -2.49. The van der Waals surface area contributed by atoms with E-state index in [9.17, 15) is 4.79 Å². The third kappa shape index (κ3) is 1.27. The van der Waals surface area contributed by atoms with Gasteiger partial charge in [-0.3, -0.25) is 4.79 Å². The fourth-order valence-corrected chi connectivity index (χ4v) is 4.23. The molecular weight excluding hydrogens is 192 g/mol. The van der Waals surface area contributed by atoms with Gasteiger partial charge in [-0.15, -0.1) is 0 Å². The van der Waals surface area contributed by atoms with Crippen molar-refractivity contribution in [3.05, 3.63) is 12.2 Å². The molecule has 2 aliphatic rings. The van der Waals surface area contributed by atoms with Crippen LogP contribution in [0.15, 0.2) is 12.2 Å². The summed E-state index contributed by atoms with van der Waals surface area (Å²) in [5, 5.41) is 0.547. The first-order chi connectivity index (χ1) is 6.44. The van der Waals surface area contributed by atoms with E-state index in [-0.39, 0.29) is 11.3 Å². The normalized spacial score (nSPS) is 41.2. The van der Waals surface area contributed by atoms with Crippen LogP contribution in [-0.4, -0.2) is 16.8 Å². The molecule has 0 radical (unpaired) electrons. The summed E-state index contributed by atoms with van der Waals surface area (Å²) in [6.45, 7) is 10.4. The van der Waals surface area contributed by atoms with E-state index in [1.807, 2.05) is 11.8 Å². The summed E-state index contributed by atoms with van der Waals surface area (Å²) in [7, 11) is 0. The van der Waals surface area contributed by atoms with Gasteiger partial charge in [0.2, 0.25) is 0 Å². The van der Waals surface area contributed by atoms with Crippen molar-refractivity contribution >= 4 is 17.5 Å². The van der Waals surface area contributed by atoms with Crippen LogP contribution >= 0.6 is 11.8 Å². The lowest BCUT2D eigenvalue weighted by Gasteiger charge is -2.48. The Hall–Kier alpha value is -0.240. The molecule has 1 nitrogen and oxygen atoms in total. The van der Waals surface area contributed by atoms with Crippen molar-refractivity contribution in [3.8, 4) is 0 Å². The van der Waals surface area contributed by atoms with Crippen LogP contribution in [0.1, 0.15) is 27.2 Å². The third-order valence-corrected chi connectivity index (χ3v) is 5.49. The topological polar surface area (TPSA) is 17.1 Å². The maximum absolute atomic E-state index is 12.2. The molecule has 1 saturated carbocycles. The summed E-state index contributed by atoms with van der Waals surface area (Å²) in [6, 6.07) is 0. The maximum atomic E-state index is 12.2. The van der Waals surface area contributed by atoms with Crippen molar-refractivity contribution in [2.24, 2.45) is 17.3 Å². The highest BCUT2D eigenvalue weighted by molar-refractivity contribution is 8.00. The molecule has 0 aromatic heterocycles. The largest absolute Gasteiger partial charge is 0.299 e. The molecule has 2 heteroatoms. The van der Waals surface area contributed by atoms with Crippen molar-refractivity contribution in [2.45, 2.75) is 32.4 Å². The van der Waals surface area contributed by atoms with Crippen LogP contribution in [0.4, 0.5) is 0 Å². The molecule has 2 bridgehead atoms. The Morgan fingerprint density at radius 3 is 2.79 bits per heavy atom. The van der Waals surface area contributed by atoms with Gasteiger partial charge in [-0.05, 0) is 12.3 Å². The minimum Gasteiger partial charge on any atom is -0.299 e. The molecule has 0 amide bonds. The first-order valence-corrected chi connectivity index (χ1v) is 6.33. The van der Waals surface area contributed by atoms with E-state index in [0.717, 1.165) is 12.2 Å². The predicted octanol–water partition coefficient (Wildman–Crippen LogP) is 2.91. The quantitative estimate of drug-likeness (QED) is 0.572. The van der Waals surface area contributed by atoms with Crippen LogP contribution in [0, 0.1) is 17.3 Å². The second-order valence-electron chi connectivity index (χ2n) is 5.17. The Labute approximate surface area is 90.3 Å². The highest BCUT2D eigenvalue weighted by Crippen LogP contribution is 2.51. The Kier molecular flexibility index (Phi) is 2.30. The summed E-state index contributed by atoms with van der Waals surface area (Å²) in [4.78, 5) is 12.2. The smallest absolute Gasteiger partial charge is 0.142 e. The van der Waals surface area contributed by atoms with Gasteiger partial charge in [-0.25, -0.2) is 0 Å². The van der Waals surface area contributed by atoms with Crippen LogP contribution in [0.3, 0.4) is 0 Å². The highest BCUT2D eigenvalue weighted by atomic mass is 32.2. The van der Waals surface area contributed by atoms with E-state index in [1.54, 1.807) is 0 Å². The van der Waals surface area contributed by atoms with E-state index in [4.69, 9.17) is 0 Å². The van der Waals surface area contributed by atoms with E-state index in [1.165, 1.54) is 5.57 Å². The second kappa shape index (κ2) is 3.13. The van der Waals surface area contributed by atoms with Crippen molar-refractivity contribution in [1.82, 2.24) is 0 Å². The number of carbonyl (C=O) groups excluding carboxylic acids is 1. The van der Waals surface area contributed by atoms with Gasteiger partial charge in [-0.2, -0.15) is 11.8 Å². The van der Waals surface area contributed by atoms with E-state index in [0.29, 0.717) is 17.0 Å². The Bertz CT molecular complexity index is 293. The Morgan fingerprint density at radius 1 is 1.50 bits per heavy atom. The van der Waals surface area contributed by atoms with E-state index >= 15 is 0 Å². The zero-order valence-electron chi connectivity index (χ0n) is 9.17. The van der Waals surface area contributed by atoms with Gasteiger partial charge in [-0.1, -0.05) is 32.9 Å². The zero-order valence-corrected chi connectivity index (χ0v) is 9.99. The molecule has 1 unspecified atom stereocenters. The molecular formula is C12H18OS. The molecule has 1 aliphatic heterocycles. The third-order valence-electron chi connectivity index (χ3n) is 3.92. The fourth-order valence-electron chi connectivity index (χ4n) is 2.86. The zero-order chi connectivity index (χ0) is 10.5. The number of carbonyl (C=O) groups is 1. The fraction of sp³-hybridized carbons (Fsp3) is 0.750. The molecule has 1 heterocycles. The maximum Gasteiger partial charge on any atom is 0.142 e. The Morgan fingerprint density at radius 2 is 2.14 bits per heavy atom. The molecule has 1 saturated heterocycles. The van der Waals surface area contributed by atoms with Crippen LogP contribution in [-0.2, 0) is 4.79 Å². The predicted molar refractivity (Wildman–Crippen MR) is 61.4 cm³/mol. The molecule has 0 N–H and O–H groups in total. The minimum absolute atomic E-state index is 0.173. The van der Waals surface area contributed by atoms with Gasteiger partial charge < -0.3 is 0 Å². The molecule has 0 spiro atoms. The number of ketones is 1. The summed E-state index contributed by atoms with van der Waals surface area (Å²) < 4.78 is 0. The van der Waals surface area contributed by atoms with E-state index < -0.39 is 0 Å². The van der Waals surface area contributed by atoms with Crippen LogP contribution in [0.2, 0.25) is 0 Å². The number of hydrogen-bond acceptors (Lipinski definition) is 2. The summed E-state index contributed by atoms with van der Waals surface area (Å²) >= 11 is 1.92. The lowest BCUT2D eigenvalue weighted by molar-refractivity contribution is -0.135. The number of Topliss-reactive ketones (excluding diaryl/α,β-unsaturated/α-hetero) is 1. The highest BCUT2D eigenvalue weighted by Gasteiger charge is 2.50. The van der Waals surface area contributed by atoms with Crippen LogP contribution in [0.5, 0.6) is 0 Å². The van der Waals surface area contributed by atoms with Crippen LogP contribution < -0.4 is 0 Å². The molecule has 2 fully saturated rings. The monoisotopic (exact) mass is 210 g/mol. The summed E-state index contributed by atoms with van der Waals surface area (Å²) in [6.07, 6.45) is 1.16. The first kappa shape index (κ1) is 10.3. The van der Waals surface area contributed by atoms with Crippen molar-refractivity contribution in [3.63, 3.8) is 0 Å². The van der Waals surface area contributed by atoms with Crippen molar-refractivity contribution in [1.29, 1.82) is 0 Å².